The Morgan fingerprint density at radius 3 is 2.52 bits per heavy atom. The summed E-state index contributed by atoms with van der Waals surface area (Å²) >= 11 is 1.37. The summed E-state index contributed by atoms with van der Waals surface area (Å²) in [6, 6.07) is 9.73. The topological polar surface area (TPSA) is 90.9 Å². The highest BCUT2D eigenvalue weighted by Gasteiger charge is 2.17. The SMILES string of the molecule is Cl.Cn1c(SCCS(C)(=O)=O)nnc1C(N)Cc1ccccc1. The molecule has 23 heavy (non-hydrogen) atoms. The molecule has 1 aromatic carbocycles. The van der Waals surface area contributed by atoms with Crippen molar-refractivity contribution in [2.75, 3.05) is 17.8 Å². The van der Waals surface area contributed by atoms with Gasteiger partial charge in [-0.25, -0.2) is 8.42 Å². The molecule has 0 radical (unpaired) electrons. The summed E-state index contributed by atoms with van der Waals surface area (Å²) in [5.41, 5.74) is 7.35. The lowest BCUT2D eigenvalue weighted by atomic mass is 10.1. The van der Waals surface area contributed by atoms with Crippen LogP contribution >= 0.6 is 24.2 Å². The molecule has 0 amide bonds. The average Bonchev–Trinajstić information content (AvgIpc) is 2.80. The minimum atomic E-state index is -2.96. The van der Waals surface area contributed by atoms with Gasteiger partial charge in [-0.15, -0.1) is 22.6 Å². The van der Waals surface area contributed by atoms with Gasteiger partial charge in [-0.3, -0.25) is 0 Å². The van der Waals surface area contributed by atoms with Crippen LogP contribution in [0.4, 0.5) is 0 Å². The molecule has 1 aromatic heterocycles. The highest BCUT2D eigenvalue weighted by molar-refractivity contribution is 8.00. The van der Waals surface area contributed by atoms with Gasteiger partial charge in [0.15, 0.2) is 11.0 Å². The number of aromatic nitrogens is 3. The third-order valence-corrected chi connectivity index (χ3v) is 5.41. The van der Waals surface area contributed by atoms with Crippen molar-refractivity contribution < 1.29 is 8.42 Å². The second-order valence-electron chi connectivity index (χ2n) is 5.17. The van der Waals surface area contributed by atoms with Crippen molar-refractivity contribution >= 4 is 34.0 Å². The van der Waals surface area contributed by atoms with Crippen LogP contribution in [0.3, 0.4) is 0 Å². The molecule has 1 heterocycles. The van der Waals surface area contributed by atoms with E-state index in [2.05, 4.69) is 10.2 Å². The molecule has 0 spiro atoms. The van der Waals surface area contributed by atoms with E-state index < -0.39 is 9.84 Å². The lowest BCUT2D eigenvalue weighted by Gasteiger charge is -2.11. The van der Waals surface area contributed by atoms with Crippen LogP contribution in [0.1, 0.15) is 17.4 Å². The Morgan fingerprint density at radius 1 is 1.26 bits per heavy atom. The van der Waals surface area contributed by atoms with Crippen LogP contribution in [0, 0.1) is 0 Å². The summed E-state index contributed by atoms with van der Waals surface area (Å²) < 4.78 is 24.1. The van der Waals surface area contributed by atoms with E-state index in [1.54, 1.807) is 0 Å². The molecule has 6 nitrogen and oxygen atoms in total. The van der Waals surface area contributed by atoms with Crippen LogP contribution in [0.5, 0.6) is 0 Å². The number of halogens is 1. The number of hydrogen-bond acceptors (Lipinski definition) is 6. The third kappa shape index (κ3) is 6.14. The molecule has 0 saturated heterocycles. The second kappa shape index (κ2) is 8.68. The Balaban J connectivity index is 0.00000264. The summed E-state index contributed by atoms with van der Waals surface area (Å²) in [4.78, 5) is 0. The summed E-state index contributed by atoms with van der Waals surface area (Å²) in [7, 11) is -1.11. The zero-order valence-corrected chi connectivity index (χ0v) is 15.5. The Hall–Kier alpha value is -1.09. The smallest absolute Gasteiger partial charge is 0.191 e. The molecule has 1 unspecified atom stereocenters. The number of thioether (sulfide) groups is 1. The maximum Gasteiger partial charge on any atom is 0.191 e. The van der Waals surface area contributed by atoms with E-state index in [0.29, 0.717) is 23.2 Å². The standard InChI is InChI=1S/C14H20N4O2S2.ClH/c1-18-13(12(15)10-11-6-4-3-5-7-11)16-17-14(18)21-8-9-22(2,19)20;/h3-7,12H,8-10,15H2,1-2H3;1H. The van der Waals surface area contributed by atoms with Gasteiger partial charge in [-0.05, 0) is 12.0 Å². The quantitative estimate of drug-likeness (QED) is 0.738. The first-order valence-electron chi connectivity index (χ1n) is 6.86. The summed E-state index contributed by atoms with van der Waals surface area (Å²) in [5, 5.41) is 8.93. The molecule has 0 aliphatic heterocycles. The fourth-order valence-corrected chi connectivity index (χ4v) is 4.13. The Bertz CT molecular complexity index is 720. The van der Waals surface area contributed by atoms with Gasteiger partial charge in [0.2, 0.25) is 0 Å². The molecule has 128 valence electrons. The number of benzene rings is 1. The van der Waals surface area contributed by atoms with Crippen molar-refractivity contribution in [3.8, 4) is 0 Å². The molecule has 9 heteroatoms. The van der Waals surface area contributed by atoms with Gasteiger partial charge in [0.25, 0.3) is 0 Å². The molecule has 0 saturated carbocycles. The largest absolute Gasteiger partial charge is 0.321 e. The van der Waals surface area contributed by atoms with Crippen LogP contribution in [0.15, 0.2) is 35.5 Å². The van der Waals surface area contributed by atoms with Crippen LogP contribution < -0.4 is 5.73 Å². The Labute approximate surface area is 147 Å². The second-order valence-corrected chi connectivity index (χ2v) is 8.50. The van der Waals surface area contributed by atoms with E-state index in [1.807, 2.05) is 41.9 Å². The van der Waals surface area contributed by atoms with E-state index in [4.69, 9.17) is 5.73 Å². The molecule has 0 aliphatic rings. The molecule has 2 aromatic rings. The number of nitrogens with zero attached hydrogens (tertiary/aromatic N) is 3. The monoisotopic (exact) mass is 376 g/mol. The van der Waals surface area contributed by atoms with E-state index in [9.17, 15) is 8.42 Å². The number of rotatable bonds is 7. The van der Waals surface area contributed by atoms with E-state index in [0.717, 1.165) is 5.56 Å². The zero-order chi connectivity index (χ0) is 16.2. The van der Waals surface area contributed by atoms with Gasteiger partial charge in [-0.2, -0.15) is 0 Å². The maximum atomic E-state index is 11.1. The van der Waals surface area contributed by atoms with Crippen LogP contribution in [-0.4, -0.2) is 40.9 Å². The summed E-state index contributed by atoms with van der Waals surface area (Å²) in [6.07, 6.45) is 1.91. The number of sulfone groups is 1. The van der Waals surface area contributed by atoms with Crippen LogP contribution in [0.25, 0.3) is 0 Å². The van der Waals surface area contributed by atoms with Gasteiger partial charge in [0.05, 0.1) is 11.8 Å². The summed E-state index contributed by atoms with van der Waals surface area (Å²) in [5.74, 6) is 1.28. The molecule has 2 rings (SSSR count). The maximum absolute atomic E-state index is 11.1. The molecular weight excluding hydrogens is 356 g/mol. The minimum absolute atomic E-state index is 0. The Kier molecular flexibility index (Phi) is 7.53. The average molecular weight is 377 g/mol. The van der Waals surface area contributed by atoms with Crippen molar-refractivity contribution in [3.05, 3.63) is 41.7 Å². The normalized spacial score (nSPS) is 12.7. The van der Waals surface area contributed by atoms with Gasteiger partial charge in [0.1, 0.15) is 9.84 Å². The fraction of sp³-hybridized carbons (Fsp3) is 0.429. The molecule has 0 bridgehead atoms. The predicted molar refractivity (Wildman–Crippen MR) is 95.8 cm³/mol. The lowest BCUT2D eigenvalue weighted by Crippen LogP contribution is -2.18. The van der Waals surface area contributed by atoms with Crippen molar-refractivity contribution in [1.29, 1.82) is 0 Å². The lowest BCUT2D eigenvalue weighted by molar-refractivity contribution is 0.603. The molecule has 0 fully saturated rings. The first kappa shape index (κ1) is 20.0. The van der Waals surface area contributed by atoms with Crippen molar-refractivity contribution in [2.24, 2.45) is 12.8 Å². The van der Waals surface area contributed by atoms with Gasteiger partial charge in [-0.1, -0.05) is 42.1 Å². The highest BCUT2D eigenvalue weighted by Crippen LogP contribution is 2.20. The fourth-order valence-electron chi connectivity index (χ4n) is 2.02. The number of hydrogen-bond donors (Lipinski definition) is 1. The Morgan fingerprint density at radius 2 is 1.91 bits per heavy atom. The van der Waals surface area contributed by atoms with E-state index >= 15 is 0 Å². The van der Waals surface area contributed by atoms with Gasteiger partial charge < -0.3 is 10.3 Å². The van der Waals surface area contributed by atoms with Crippen LogP contribution in [0.2, 0.25) is 0 Å². The first-order chi connectivity index (χ1) is 10.4. The zero-order valence-electron chi connectivity index (χ0n) is 13.0. The molecular formula is C14H21ClN4O2S2. The molecule has 2 N–H and O–H groups in total. The predicted octanol–water partition coefficient (Wildman–Crippen LogP) is 1.62. The minimum Gasteiger partial charge on any atom is -0.321 e. The summed E-state index contributed by atoms with van der Waals surface area (Å²) in [6.45, 7) is 0. The van der Waals surface area contributed by atoms with Crippen molar-refractivity contribution in [3.63, 3.8) is 0 Å². The third-order valence-electron chi connectivity index (χ3n) is 3.18. The van der Waals surface area contributed by atoms with Gasteiger partial charge in [0, 0.05) is 19.1 Å². The highest BCUT2D eigenvalue weighted by atomic mass is 35.5. The van der Waals surface area contributed by atoms with Gasteiger partial charge >= 0.3 is 0 Å². The molecule has 1 atom stereocenters. The van der Waals surface area contributed by atoms with E-state index in [-0.39, 0.29) is 24.2 Å². The van der Waals surface area contributed by atoms with Crippen LogP contribution in [-0.2, 0) is 23.3 Å². The van der Waals surface area contributed by atoms with E-state index in [1.165, 1.54) is 18.0 Å². The number of nitrogens with two attached hydrogens (primary N) is 1. The first-order valence-corrected chi connectivity index (χ1v) is 9.91. The van der Waals surface area contributed by atoms with Crippen molar-refractivity contribution in [2.45, 2.75) is 17.6 Å². The molecule has 0 aliphatic carbocycles. The van der Waals surface area contributed by atoms with Crippen molar-refractivity contribution in [1.82, 2.24) is 14.8 Å².